The van der Waals surface area contributed by atoms with E-state index in [9.17, 15) is 0 Å². The first kappa shape index (κ1) is 12.9. The van der Waals surface area contributed by atoms with E-state index in [0.29, 0.717) is 5.54 Å². The molecule has 2 saturated carbocycles. The molecular weight excluding hydrogens is 220 g/mol. The topological polar surface area (TPSA) is 15.3 Å². The summed E-state index contributed by atoms with van der Waals surface area (Å²) in [5.74, 6) is 1.04. The fraction of sp³-hybridized carbons (Fsp3) is 1.00. The van der Waals surface area contributed by atoms with E-state index < -0.39 is 0 Å². The highest BCUT2D eigenvalue weighted by molar-refractivity contribution is 5.01. The molecule has 3 aliphatic rings. The zero-order chi connectivity index (χ0) is 12.4. The van der Waals surface area contributed by atoms with Gasteiger partial charge in [0.15, 0.2) is 0 Å². The van der Waals surface area contributed by atoms with Crippen LogP contribution in [-0.2, 0) is 0 Å². The van der Waals surface area contributed by atoms with Crippen LogP contribution in [0, 0.1) is 5.92 Å². The first-order valence-corrected chi connectivity index (χ1v) is 8.32. The molecule has 0 bridgehead atoms. The maximum absolute atomic E-state index is 3.91. The minimum atomic E-state index is 0.494. The van der Waals surface area contributed by atoms with E-state index >= 15 is 0 Å². The van der Waals surface area contributed by atoms with Crippen molar-refractivity contribution in [1.29, 1.82) is 0 Å². The molecule has 0 amide bonds. The van der Waals surface area contributed by atoms with E-state index in [1.165, 1.54) is 77.4 Å². The van der Waals surface area contributed by atoms with Gasteiger partial charge in [-0.15, -0.1) is 0 Å². The van der Waals surface area contributed by atoms with E-state index in [1.54, 1.807) is 0 Å². The van der Waals surface area contributed by atoms with Crippen LogP contribution in [0.1, 0.15) is 64.7 Å². The van der Waals surface area contributed by atoms with Crippen molar-refractivity contribution in [2.24, 2.45) is 5.92 Å². The molecule has 3 fully saturated rings. The van der Waals surface area contributed by atoms with Crippen molar-refractivity contribution in [3.05, 3.63) is 0 Å². The molecule has 1 saturated heterocycles. The summed E-state index contributed by atoms with van der Waals surface area (Å²) in [6.07, 6.45) is 12.9. The summed E-state index contributed by atoms with van der Waals surface area (Å²) in [6.45, 7) is 6.28. The van der Waals surface area contributed by atoms with Gasteiger partial charge in [-0.3, -0.25) is 4.90 Å². The molecule has 104 valence electrons. The van der Waals surface area contributed by atoms with E-state index in [0.717, 1.165) is 12.0 Å². The Kier molecular flexibility index (Phi) is 3.95. The van der Waals surface area contributed by atoms with Crippen molar-refractivity contribution >= 4 is 0 Å². The zero-order valence-electron chi connectivity index (χ0n) is 12.1. The van der Waals surface area contributed by atoms with Crippen molar-refractivity contribution in [2.45, 2.75) is 76.3 Å². The minimum Gasteiger partial charge on any atom is -0.310 e. The van der Waals surface area contributed by atoms with Crippen molar-refractivity contribution < 1.29 is 0 Å². The second-order valence-electron chi connectivity index (χ2n) is 6.94. The molecule has 1 heterocycles. The molecule has 2 unspecified atom stereocenters. The summed E-state index contributed by atoms with van der Waals surface area (Å²) in [5, 5.41) is 3.91. The molecule has 0 aromatic rings. The monoisotopic (exact) mass is 250 g/mol. The van der Waals surface area contributed by atoms with E-state index in [2.05, 4.69) is 17.1 Å². The highest BCUT2D eigenvalue weighted by Gasteiger charge is 2.44. The third-order valence-corrected chi connectivity index (χ3v) is 5.45. The lowest BCUT2D eigenvalue weighted by Crippen LogP contribution is -2.53. The van der Waals surface area contributed by atoms with Gasteiger partial charge in [-0.25, -0.2) is 0 Å². The van der Waals surface area contributed by atoms with Gasteiger partial charge < -0.3 is 5.32 Å². The molecule has 18 heavy (non-hydrogen) atoms. The third kappa shape index (κ3) is 2.75. The Bertz CT molecular complexity index is 270. The van der Waals surface area contributed by atoms with Crippen molar-refractivity contribution in [1.82, 2.24) is 10.2 Å². The smallest absolute Gasteiger partial charge is 0.0308 e. The number of hydrogen-bond acceptors (Lipinski definition) is 2. The molecule has 3 rings (SSSR count). The van der Waals surface area contributed by atoms with Crippen LogP contribution in [0.5, 0.6) is 0 Å². The van der Waals surface area contributed by atoms with Gasteiger partial charge in [0.2, 0.25) is 0 Å². The van der Waals surface area contributed by atoms with Gasteiger partial charge in [0, 0.05) is 18.1 Å². The third-order valence-electron chi connectivity index (χ3n) is 5.45. The Morgan fingerprint density at radius 2 is 2.00 bits per heavy atom. The average Bonchev–Trinajstić information content (AvgIpc) is 3.15. The molecule has 2 aliphatic carbocycles. The number of rotatable bonds is 3. The standard InChI is InChI=1S/C16H30N2/c1-2-7-14-12-15(14)18-11-6-10-17-16(13-18)8-4-3-5-9-16/h14-15,17H,2-13H2,1H3. The molecule has 0 radical (unpaired) electrons. The van der Waals surface area contributed by atoms with Crippen LogP contribution < -0.4 is 5.32 Å². The summed E-state index contributed by atoms with van der Waals surface area (Å²) in [5.41, 5.74) is 0.494. The van der Waals surface area contributed by atoms with Crippen LogP contribution in [0.15, 0.2) is 0 Å². The van der Waals surface area contributed by atoms with Crippen LogP contribution >= 0.6 is 0 Å². The lowest BCUT2D eigenvalue weighted by Gasteiger charge is -2.40. The fourth-order valence-electron chi connectivity index (χ4n) is 4.37. The fourth-order valence-corrected chi connectivity index (χ4v) is 4.37. The average molecular weight is 250 g/mol. The largest absolute Gasteiger partial charge is 0.310 e. The van der Waals surface area contributed by atoms with Crippen molar-refractivity contribution in [2.75, 3.05) is 19.6 Å². The normalized spacial score (nSPS) is 36.5. The molecule has 2 heteroatoms. The minimum absolute atomic E-state index is 0.494. The Hall–Kier alpha value is -0.0800. The lowest BCUT2D eigenvalue weighted by atomic mass is 9.81. The molecule has 1 aliphatic heterocycles. The van der Waals surface area contributed by atoms with Crippen LogP contribution in [0.25, 0.3) is 0 Å². The number of nitrogens with one attached hydrogen (secondary N) is 1. The predicted octanol–water partition coefficient (Wildman–Crippen LogP) is 3.17. The summed E-state index contributed by atoms with van der Waals surface area (Å²) < 4.78 is 0. The maximum Gasteiger partial charge on any atom is 0.0308 e. The molecule has 1 N–H and O–H groups in total. The summed E-state index contributed by atoms with van der Waals surface area (Å²) in [7, 11) is 0. The van der Waals surface area contributed by atoms with Crippen molar-refractivity contribution in [3.63, 3.8) is 0 Å². The highest BCUT2D eigenvalue weighted by Crippen LogP contribution is 2.41. The first-order valence-electron chi connectivity index (χ1n) is 8.32. The Morgan fingerprint density at radius 1 is 1.17 bits per heavy atom. The Balaban J connectivity index is 1.61. The van der Waals surface area contributed by atoms with Gasteiger partial charge >= 0.3 is 0 Å². The number of hydrogen-bond donors (Lipinski definition) is 1. The van der Waals surface area contributed by atoms with Gasteiger partial charge in [-0.2, -0.15) is 0 Å². The van der Waals surface area contributed by atoms with E-state index in [-0.39, 0.29) is 0 Å². The Labute approximate surface area is 113 Å². The SMILES string of the molecule is CCCC1CC1N1CCCNC2(CCCCC2)C1. The second kappa shape index (κ2) is 5.50. The molecule has 0 aromatic heterocycles. The van der Waals surface area contributed by atoms with Gasteiger partial charge in [-0.05, 0) is 51.1 Å². The molecular formula is C16H30N2. The number of nitrogens with zero attached hydrogens (tertiary/aromatic N) is 1. The highest BCUT2D eigenvalue weighted by atomic mass is 15.2. The van der Waals surface area contributed by atoms with Crippen LogP contribution in [0.4, 0.5) is 0 Å². The maximum atomic E-state index is 3.91. The summed E-state index contributed by atoms with van der Waals surface area (Å²) in [6, 6.07) is 0.948. The van der Waals surface area contributed by atoms with E-state index in [4.69, 9.17) is 0 Å². The van der Waals surface area contributed by atoms with Crippen LogP contribution in [0.2, 0.25) is 0 Å². The zero-order valence-corrected chi connectivity index (χ0v) is 12.1. The second-order valence-corrected chi connectivity index (χ2v) is 6.94. The summed E-state index contributed by atoms with van der Waals surface area (Å²) in [4.78, 5) is 2.85. The molecule has 2 atom stereocenters. The van der Waals surface area contributed by atoms with Gasteiger partial charge in [0.1, 0.15) is 0 Å². The molecule has 0 aromatic carbocycles. The summed E-state index contributed by atoms with van der Waals surface area (Å²) >= 11 is 0. The molecule has 1 spiro atoms. The van der Waals surface area contributed by atoms with Crippen molar-refractivity contribution in [3.8, 4) is 0 Å². The quantitative estimate of drug-likeness (QED) is 0.827. The van der Waals surface area contributed by atoms with Gasteiger partial charge in [0.25, 0.3) is 0 Å². The van der Waals surface area contributed by atoms with Gasteiger partial charge in [0.05, 0.1) is 0 Å². The Morgan fingerprint density at radius 3 is 2.78 bits per heavy atom. The van der Waals surface area contributed by atoms with Crippen LogP contribution in [-0.4, -0.2) is 36.1 Å². The molecule has 2 nitrogen and oxygen atoms in total. The predicted molar refractivity (Wildman–Crippen MR) is 76.8 cm³/mol. The van der Waals surface area contributed by atoms with Gasteiger partial charge in [-0.1, -0.05) is 32.6 Å². The lowest BCUT2D eigenvalue weighted by molar-refractivity contribution is 0.154. The van der Waals surface area contributed by atoms with Crippen LogP contribution in [0.3, 0.4) is 0 Å². The van der Waals surface area contributed by atoms with E-state index in [1.807, 2.05) is 0 Å². The first-order chi connectivity index (χ1) is 8.83.